The molecule has 0 atom stereocenters. The average Bonchev–Trinajstić information content (AvgIpc) is 2.83. The van der Waals surface area contributed by atoms with Crippen molar-refractivity contribution in [3.8, 4) is 0 Å². The van der Waals surface area contributed by atoms with Crippen LogP contribution in [0.1, 0.15) is 32.5 Å². The van der Waals surface area contributed by atoms with Gasteiger partial charge in [-0.2, -0.15) is 0 Å². The predicted molar refractivity (Wildman–Crippen MR) is 75.9 cm³/mol. The number of nitrogens with zero attached hydrogens (tertiary/aromatic N) is 2. The van der Waals surface area contributed by atoms with Gasteiger partial charge in [-0.25, -0.2) is 4.98 Å². The van der Waals surface area contributed by atoms with Gasteiger partial charge in [-0.15, -0.1) is 0 Å². The van der Waals surface area contributed by atoms with Crippen LogP contribution in [-0.2, 0) is 22.6 Å². The van der Waals surface area contributed by atoms with Crippen molar-refractivity contribution in [3.63, 3.8) is 0 Å². The number of aromatic nitrogens is 2. The predicted octanol–water partition coefficient (Wildman–Crippen LogP) is 0.663. The molecule has 0 bridgehead atoms. The third-order valence-electron chi connectivity index (χ3n) is 3.61. The van der Waals surface area contributed by atoms with Crippen LogP contribution in [0.15, 0.2) is 12.4 Å². The maximum Gasteiger partial charge on any atom is 0.240 e. The SMILES string of the molecule is CC(C)Cn1ccnc1CNC(=O)C1(N)CCOCC1. The molecule has 1 saturated heterocycles. The van der Waals surface area contributed by atoms with Gasteiger partial charge >= 0.3 is 0 Å². The number of nitrogens with one attached hydrogen (secondary N) is 1. The van der Waals surface area contributed by atoms with E-state index in [-0.39, 0.29) is 5.91 Å². The van der Waals surface area contributed by atoms with E-state index in [9.17, 15) is 4.79 Å². The number of imidazole rings is 1. The van der Waals surface area contributed by atoms with E-state index in [0.29, 0.717) is 38.5 Å². The third-order valence-corrected chi connectivity index (χ3v) is 3.61. The van der Waals surface area contributed by atoms with E-state index < -0.39 is 5.54 Å². The zero-order valence-corrected chi connectivity index (χ0v) is 12.3. The highest BCUT2D eigenvalue weighted by Crippen LogP contribution is 2.17. The van der Waals surface area contributed by atoms with Crippen LogP contribution in [0.5, 0.6) is 0 Å². The Balaban J connectivity index is 1.91. The van der Waals surface area contributed by atoms with Gasteiger partial charge in [-0.05, 0) is 18.8 Å². The summed E-state index contributed by atoms with van der Waals surface area (Å²) in [6, 6.07) is 0. The lowest BCUT2D eigenvalue weighted by Gasteiger charge is -2.31. The van der Waals surface area contributed by atoms with Gasteiger partial charge in [0.05, 0.1) is 12.1 Å². The summed E-state index contributed by atoms with van der Waals surface area (Å²) in [4.78, 5) is 16.5. The molecule has 1 aromatic rings. The molecule has 20 heavy (non-hydrogen) atoms. The molecule has 0 saturated carbocycles. The lowest BCUT2D eigenvalue weighted by molar-refractivity contribution is -0.129. The largest absolute Gasteiger partial charge is 0.381 e. The Morgan fingerprint density at radius 1 is 1.55 bits per heavy atom. The van der Waals surface area contributed by atoms with Crippen molar-refractivity contribution in [2.75, 3.05) is 13.2 Å². The van der Waals surface area contributed by atoms with E-state index in [1.807, 2.05) is 6.20 Å². The Kier molecular flexibility index (Phi) is 4.77. The van der Waals surface area contributed by atoms with Crippen LogP contribution in [-0.4, -0.2) is 34.2 Å². The first kappa shape index (κ1) is 15.0. The van der Waals surface area contributed by atoms with E-state index in [2.05, 4.69) is 28.7 Å². The fourth-order valence-corrected chi connectivity index (χ4v) is 2.36. The van der Waals surface area contributed by atoms with Crippen molar-refractivity contribution in [3.05, 3.63) is 18.2 Å². The summed E-state index contributed by atoms with van der Waals surface area (Å²) in [5, 5.41) is 2.91. The monoisotopic (exact) mass is 280 g/mol. The van der Waals surface area contributed by atoms with Crippen LogP contribution in [0.4, 0.5) is 0 Å². The topological polar surface area (TPSA) is 82.2 Å². The first-order valence-corrected chi connectivity index (χ1v) is 7.16. The number of carbonyl (C=O) groups excluding carboxylic acids is 1. The summed E-state index contributed by atoms with van der Waals surface area (Å²) in [6.07, 6.45) is 4.84. The van der Waals surface area contributed by atoms with E-state index in [4.69, 9.17) is 10.5 Å². The molecule has 0 spiro atoms. The molecule has 2 heterocycles. The minimum atomic E-state index is -0.798. The molecule has 6 nitrogen and oxygen atoms in total. The van der Waals surface area contributed by atoms with Crippen molar-refractivity contribution in [2.24, 2.45) is 11.7 Å². The smallest absolute Gasteiger partial charge is 0.240 e. The van der Waals surface area contributed by atoms with E-state index in [1.165, 1.54) is 0 Å². The first-order valence-electron chi connectivity index (χ1n) is 7.16. The quantitative estimate of drug-likeness (QED) is 0.830. The average molecular weight is 280 g/mol. The Hall–Kier alpha value is -1.40. The van der Waals surface area contributed by atoms with Crippen LogP contribution in [0, 0.1) is 5.92 Å². The van der Waals surface area contributed by atoms with Crippen molar-refractivity contribution in [1.29, 1.82) is 0 Å². The molecule has 1 aromatic heterocycles. The second-order valence-electron chi connectivity index (χ2n) is 5.84. The highest BCUT2D eigenvalue weighted by molar-refractivity contribution is 5.86. The molecular weight excluding hydrogens is 256 g/mol. The second-order valence-corrected chi connectivity index (χ2v) is 5.84. The maximum absolute atomic E-state index is 12.2. The summed E-state index contributed by atoms with van der Waals surface area (Å²) < 4.78 is 7.32. The number of hydrogen-bond donors (Lipinski definition) is 2. The Bertz CT molecular complexity index is 450. The van der Waals surface area contributed by atoms with Crippen LogP contribution in [0.3, 0.4) is 0 Å². The van der Waals surface area contributed by atoms with Gasteiger partial charge in [0.1, 0.15) is 5.82 Å². The van der Waals surface area contributed by atoms with Gasteiger partial charge in [0.15, 0.2) is 0 Å². The number of carbonyl (C=O) groups is 1. The van der Waals surface area contributed by atoms with E-state index in [1.54, 1.807) is 6.20 Å². The van der Waals surface area contributed by atoms with Gasteiger partial charge in [-0.3, -0.25) is 4.79 Å². The summed E-state index contributed by atoms with van der Waals surface area (Å²) in [5.74, 6) is 1.29. The maximum atomic E-state index is 12.2. The lowest BCUT2D eigenvalue weighted by Crippen LogP contribution is -2.56. The molecule has 2 rings (SSSR count). The van der Waals surface area contributed by atoms with Crippen LogP contribution >= 0.6 is 0 Å². The van der Waals surface area contributed by atoms with Crippen molar-refractivity contribution in [1.82, 2.24) is 14.9 Å². The zero-order chi connectivity index (χ0) is 14.6. The molecule has 0 radical (unpaired) electrons. The summed E-state index contributed by atoms with van der Waals surface area (Å²) in [7, 11) is 0. The molecule has 0 aliphatic carbocycles. The molecule has 0 unspecified atom stereocenters. The number of hydrogen-bond acceptors (Lipinski definition) is 4. The van der Waals surface area contributed by atoms with Crippen LogP contribution < -0.4 is 11.1 Å². The van der Waals surface area contributed by atoms with Crippen molar-refractivity contribution in [2.45, 2.75) is 45.3 Å². The molecule has 112 valence electrons. The number of amides is 1. The first-order chi connectivity index (χ1) is 9.51. The molecule has 3 N–H and O–H groups in total. The standard InChI is InChI=1S/C14H24N4O2/c1-11(2)10-18-6-5-16-12(18)9-17-13(19)14(15)3-7-20-8-4-14/h5-6,11H,3-4,7-10,15H2,1-2H3,(H,17,19). The fraction of sp³-hybridized carbons (Fsp3) is 0.714. The molecule has 6 heteroatoms. The summed E-state index contributed by atoms with van der Waals surface area (Å²) >= 11 is 0. The van der Waals surface area contributed by atoms with Gasteiger partial charge in [0, 0.05) is 32.2 Å². The number of nitrogens with two attached hydrogens (primary N) is 1. The minimum absolute atomic E-state index is 0.111. The lowest BCUT2D eigenvalue weighted by atomic mass is 9.90. The summed E-state index contributed by atoms with van der Waals surface area (Å²) in [5.41, 5.74) is 5.34. The van der Waals surface area contributed by atoms with Crippen LogP contribution in [0.2, 0.25) is 0 Å². The normalized spacial score (nSPS) is 18.2. The number of rotatable bonds is 5. The van der Waals surface area contributed by atoms with Gasteiger partial charge in [0.25, 0.3) is 0 Å². The molecule has 1 fully saturated rings. The summed E-state index contributed by atoms with van der Waals surface area (Å²) in [6.45, 7) is 6.71. The fourth-order valence-electron chi connectivity index (χ4n) is 2.36. The van der Waals surface area contributed by atoms with Gasteiger partial charge in [-0.1, -0.05) is 13.8 Å². The molecule has 1 aliphatic rings. The Labute approximate surface area is 119 Å². The van der Waals surface area contributed by atoms with Gasteiger partial charge < -0.3 is 20.4 Å². The minimum Gasteiger partial charge on any atom is -0.381 e. The molecule has 0 aromatic carbocycles. The molecule has 1 aliphatic heterocycles. The second kappa shape index (κ2) is 6.37. The van der Waals surface area contributed by atoms with Gasteiger partial charge in [0.2, 0.25) is 5.91 Å². The highest BCUT2D eigenvalue weighted by atomic mass is 16.5. The highest BCUT2D eigenvalue weighted by Gasteiger charge is 2.35. The molecular formula is C14H24N4O2. The number of ether oxygens (including phenoxy) is 1. The van der Waals surface area contributed by atoms with Crippen molar-refractivity contribution >= 4 is 5.91 Å². The third kappa shape index (κ3) is 3.58. The Morgan fingerprint density at radius 2 is 2.25 bits per heavy atom. The molecule has 1 amide bonds. The van der Waals surface area contributed by atoms with Crippen LogP contribution in [0.25, 0.3) is 0 Å². The van der Waals surface area contributed by atoms with Crippen molar-refractivity contribution < 1.29 is 9.53 Å². The zero-order valence-electron chi connectivity index (χ0n) is 12.3. The Morgan fingerprint density at radius 3 is 2.90 bits per heavy atom. The van der Waals surface area contributed by atoms with E-state index >= 15 is 0 Å². The van der Waals surface area contributed by atoms with E-state index in [0.717, 1.165) is 12.4 Å².